The van der Waals surface area contributed by atoms with Crippen LogP contribution in [0.15, 0.2) is 6.20 Å². The van der Waals surface area contributed by atoms with E-state index in [9.17, 15) is 4.39 Å². The van der Waals surface area contributed by atoms with Crippen LogP contribution < -0.4 is 0 Å². The summed E-state index contributed by atoms with van der Waals surface area (Å²) < 4.78 is 24.2. The molecular formula is C17H23ClFIN2OSi. The molecule has 24 heavy (non-hydrogen) atoms. The summed E-state index contributed by atoms with van der Waals surface area (Å²) in [5.41, 5.74) is 1.64. The Morgan fingerprint density at radius 2 is 2.04 bits per heavy atom. The number of hydrogen-bond donors (Lipinski definition) is 0. The van der Waals surface area contributed by atoms with Crippen molar-refractivity contribution in [1.29, 1.82) is 0 Å². The first-order valence-corrected chi connectivity index (χ1v) is 12.6. The molecule has 2 heterocycles. The van der Waals surface area contributed by atoms with E-state index >= 15 is 0 Å². The summed E-state index contributed by atoms with van der Waals surface area (Å²) in [7, 11) is -1.87. The van der Waals surface area contributed by atoms with Crippen molar-refractivity contribution in [3.63, 3.8) is 0 Å². The van der Waals surface area contributed by atoms with Crippen LogP contribution in [0.5, 0.6) is 0 Å². The van der Waals surface area contributed by atoms with Crippen molar-refractivity contribution in [3.05, 3.63) is 26.4 Å². The van der Waals surface area contributed by atoms with E-state index in [0.717, 1.165) is 27.5 Å². The van der Waals surface area contributed by atoms with Crippen molar-refractivity contribution >= 4 is 53.4 Å². The first-order valence-electron chi connectivity index (χ1n) is 8.21. The largest absolute Gasteiger partial charge is 0.411 e. The molecule has 0 aliphatic heterocycles. The molecule has 3 nitrogen and oxygen atoms in total. The number of halogens is 3. The van der Waals surface area contributed by atoms with E-state index in [1.54, 1.807) is 6.20 Å². The molecule has 0 aromatic carbocycles. The van der Waals surface area contributed by atoms with E-state index in [2.05, 4.69) is 66.0 Å². The molecule has 2 aromatic heterocycles. The van der Waals surface area contributed by atoms with E-state index < -0.39 is 14.1 Å². The number of aromatic nitrogens is 2. The summed E-state index contributed by atoms with van der Waals surface area (Å²) in [6, 6.07) is 0.349. The minimum absolute atomic E-state index is 0.0600. The Balaban J connectivity index is 2.07. The highest BCUT2D eigenvalue weighted by Gasteiger charge is 2.38. The molecule has 3 rings (SSSR count). The fraction of sp³-hybridized carbons (Fsp3) is 0.588. The van der Waals surface area contributed by atoms with Crippen molar-refractivity contribution in [2.24, 2.45) is 0 Å². The quantitative estimate of drug-likeness (QED) is 0.292. The van der Waals surface area contributed by atoms with Crippen LogP contribution in [0.2, 0.25) is 23.3 Å². The maximum atomic E-state index is 14.7. The maximum Gasteiger partial charge on any atom is 0.192 e. The lowest BCUT2D eigenvalue weighted by Crippen LogP contribution is -2.40. The summed E-state index contributed by atoms with van der Waals surface area (Å²) >= 11 is 8.22. The van der Waals surface area contributed by atoms with Gasteiger partial charge in [-0.15, -0.1) is 0 Å². The van der Waals surface area contributed by atoms with Crippen LogP contribution in [-0.2, 0) is 11.0 Å². The molecule has 132 valence electrons. The van der Waals surface area contributed by atoms with Crippen LogP contribution in [0, 0.1) is 9.39 Å². The van der Waals surface area contributed by atoms with Gasteiger partial charge in [-0.05, 0) is 53.6 Å². The average Bonchev–Trinajstić information content (AvgIpc) is 3.26. The second kappa shape index (κ2) is 6.21. The van der Waals surface area contributed by atoms with Crippen molar-refractivity contribution in [2.45, 2.75) is 64.4 Å². The van der Waals surface area contributed by atoms with Crippen LogP contribution >= 0.6 is 34.2 Å². The highest BCUT2D eigenvalue weighted by Crippen LogP contribution is 2.44. The highest BCUT2D eigenvalue weighted by atomic mass is 127. The highest BCUT2D eigenvalue weighted by molar-refractivity contribution is 14.1. The SMILES string of the molecule is CC(C)(C)[Si](C)(C)OCc1c(I)c2cnc(Cl)c(F)c2n1C1CC1. The zero-order valence-corrected chi connectivity index (χ0v) is 18.6. The lowest BCUT2D eigenvalue weighted by Gasteiger charge is -2.36. The van der Waals surface area contributed by atoms with Gasteiger partial charge in [0.2, 0.25) is 0 Å². The molecule has 1 fully saturated rings. The Hall–Kier alpha value is -0.183. The van der Waals surface area contributed by atoms with E-state index in [-0.39, 0.29) is 10.2 Å². The summed E-state index contributed by atoms with van der Waals surface area (Å²) in [5, 5.41) is 0.915. The van der Waals surface area contributed by atoms with Gasteiger partial charge in [-0.1, -0.05) is 32.4 Å². The van der Waals surface area contributed by atoms with E-state index in [4.69, 9.17) is 16.0 Å². The third kappa shape index (κ3) is 3.15. The van der Waals surface area contributed by atoms with Crippen LogP contribution in [0.25, 0.3) is 10.9 Å². The molecule has 0 saturated heterocycles. The summed E-state index contributed by atoms with van der Waals surface area (Å²) in [6.45, 7) is 11.7. The average molecular weight is 481 g/mol. The van der Waals surface area contributed by atoms with Gasteiger partial charge in [0, 0.05) is 21.2 Å². The Morgan fingerprint density at radius 3 is 2.58 bits per heavy atom. The van der Waals surface area contributed by atoms with Gasteiger partial charge in [-0.2, -0.15) is 0 Å². The predicted molar refractivity (Wildman–Crippen MR) is 108 cm³/mol. The third-order valence-corrected chi connectivity index (χ3v) is 11.2. The molecule has 0 unspecified atom stereocenters. The van der Waals surface area contributed by atoms with Gasteiger partial charge in [0.15, 0.2) is 19.3 Å². The molecule has 0 radical (unpaired) electrons. The van der Waals surface area contributed by atoms with Gasteiger partial charge in [0.25, 0.3) is 0 Å². The maximum absolute atomic E-state index is 14.7. The Kier molecular flexibility index (Phi) is 4.81. The lowest BCUT2D eigenvalue weighted by atomic mass is 10.2. The van der Waals surface area contributed by atoms with Crippen LogP contribution in [0.4, 0.5) is 4.39 Å². The number of hydrogen-bond acceptors (Lipinski definition) is 2. The number of rotatable bonds is 4. The fourth-order valence-electron chi connectivity index (χ4n) is 2.58. The zero-order valence-electron chi connectivity index (χ0n) is 14.7. The molecule has 1 aliphatic carbocycles. The van der Waals surface area contributed by atoms with Gasteiger partial charge in [-0.3, -0.25) is 0 Å². The van der Waals surface area contributed by atoms with Gasteiger partial charge >= 0.3 is 0 Å². The molecule has 0 N–H and O–H groups in total. The van der Waals surface area contributed by atoms with Gasteiger partial charge in [0.05, 0.1) is 17.8 Å². The van der Waals surface area contributed by atoms with Crippen molar-refractivity contribution in [3.8, 4) is 0 Å². The van der Waals surface area contributed by atoms with Crippen LogP contribution in [0.1, 0.15) is 45.3 Å². The Morgan fingerprint density at radius 1 is 1.42 bits per heavy atom. The predicted octanol–water partition coefficient (Wildman–Crippen LogP) is 6.29. The van der Waals surface area contributed by atoms with Gasteiger partial charge < -0.3 is 8.99 Å². The topological polar surface area (TPSA) is 27.1 Å². The molecule has 2 aromatic rings. The summed E-state index contributed by atoms with van der Waals surface area (Å²) in [5.74, 6) is -0.419. The standard InChI is InChI=1S/C17H23ClFIN2OSi/c1-17(2,3)24(4,5)23-9-12-14(20)11-8-21-16(18)13(19)15(11)22(12)10-6-7-10/h8,10H,6-7,9H2,1-5H3. The second-order valence-electron chi connectivity index (χ2n) is 8.04. The van der Waals surface area contributed by atoms with Crippen LogP contribution in [-0.4, -0.2) is 17.9 Å². The number of pyridine rings is 1. The van der Waals surface area contributed by atoms with E-state index in [1.807, 2.05) is 0 Å². The normalized spacial score (nSPS) is 16.2. The Labute approximate surface area is 162 Å². The molecule has 0 amide bonds. The van der Waals surface area contributed by atoms with Gasteiger partial charge in [0.1, 0.15) is 0 Å². The monoisotopic (exact) mass is 480 g/mol. The molecular weight excluding hydrogens is 458 g/mol. The van der Waals surface area contributed by atoms with Crippen molar-refractivity contribution in [1.82, 2.24) is 9.55 Å². The minimum Gasteiger partial charge on any atom is -0.411 e. The smallest absolute Gasteiger partial charge is 0.192 e. The molecule has 1 saturated carbocycles. The molecule has 0 atom stereocenters. The first-order chi connectivity index (χ1) is 11.0. The summed E-state index contributed by atoms with van der Waals surface area (Å²) in [6.07, 6.45) is 3.83. The third-order valence-electron chi connectivity index (χ3n) is 5.26. The van der Waals surface area contributed by atoms with E-state index in [0.29, 0.717) is 18.2 Å². The Bertz CT molecular complexity index is 796. The number of fused-ring (bicyclic) bond motifs is 1. The second-order valence-corrected chi connectivity index (χ2v) is 14.3. The van der Waals surface area contributed by atoms with Crippen LogP contribution in [0.3, 0.4) is 0 Å². The first kappa shape index (κ1) is 18.6. The number of nitrogens with zero attached hydrogens (tertiary/aromatic N) is 2. The van der Waals surface area contributed by atoms with Gasteiger partial charge in [-0.25, -0.2) is 9.37 Å². The van der Waals surface area contributed by atoms with Crippen molar-refractivity contribution < 1.29 is 8.82 Å². The molecule has 0 bridgehead atoms. The molecule has 1 aliphatic rings. The van der Waals surface area contributed by atoms with E-state index in [1.165, 1.54) is 0 Å². The summed E-state index contributed by atoms with van der Waals surface area (Å²) in [4.78, 5) is 3.99. The lowest BCUT2D eigenvalue weighted by molar-refractivity contribution is 0.266. The van der Waals surface area contributed by atoms with Crippen molar-refractivity contribution in [2.75, 3.05) is 0 Å². The fourth-order valence-corrected chi connectivity index (χ4v) is 4.46. The molecule has 7 heteroatoms. The molecule has 0 spiro atoms. The zero-order chi connectivity index (χ0) is 17.9. The minimum atomic E-state index is -1.87.